The van der Waals surface area contributed by atoms with Crippen LogP contribution in [0.2, 0.25) is 0 Å². The number of aromatic nitrogens is 1. The molecular formula is C14H24ClN3O. The van der Waals surface area contributed by atoms with Crippen LogP contribution in [0.5, 0.6) is 0 Å². The highest BCUT2D eigenvalue weighted by Gasteiger charge is 2.31. The Morgan fingerprint density at radius 2 is 1.95 bits per heavy atom. The van der Waals surface area contributed by atoms with Crippen molar-refractivity contribution in [3.8, 4) is 0 Å². The van der Waals surface area contributed by atoms with Gasteiger partial charge in [0.05, 0.1) is 5.54 Å². The molecule has 108 valence electrons. The maximum absolute atomic E-state index is 12.4. The summed E-state index contributed by atoms with van der Waals surface area (Å²) < 4.78 is 0. The molecule has 1 heterocycles. The van der Waals surface area contributed by atoms with Crippen molar-refractivity contribution in [3.63, 3.8) is 0 Å². The summed E-state index contributed by atoms with van der Waals surface area (Å²) in [5.41, 5.74) is 6.41. The zero-order chi connectivity index (χ0) is 13.6. The number of amides is 1. The number of likely N-dealkylation sites (N-methyl/N-ethyl adjacent to an activating group) is 1. The van der Waals surface area contributed by atoms with E-state index in [1.165, 1.54) is 0 Å². The van der Waals surface area contributed by atoms with E-state index in [0.29, 0.717) is 19.5 Å². The molecule has 0 radical (unpaired) electrons. The van der Waals surface area contributed by atoms with Gasteiger partial charge in [0, 0.05) is 25.5 Å². The maximum atomic E-state index is 12.4. The van der Waals surface area contributed by atoms with E-state index in [9.17, 15) is 4.79 Å². The highest BCUT2D eigenvalue weighted by Crippen LogP contribution is 2.14. The first-order valence-electron chi connectivity index (χ1n) is 6.48. The van der Waals surface area contributed by atoms with Gasteiger partial charge in [-0.2, -0.15) is 0 Å². The van der Waals surface area contributed by atoms with Crippen LogP contribution < -0.4 is 5.73 Å². The van der Waals surface area contributed by atoms with Crippen molar-refractivity contribution in [1.29, 1.82) is 0 Å². The van der Waals surface area contributed by atoms with Crippen LogP contribution in [0.25, 0.3) is 0 Å². The number of carbonyl (C=O) groups excluding carboxylic acids is 1. The first-order chi connectivity index (χ1) is 8.51. The Morgan fingerprint density at radius 3 is 2.42 bits per heavy atom. The minimum atomic E-state index is -0.766. The Morgan fingerprint density at radius 1 is 1.37 bits per heavy atom. The summed E-state index contributed by atoms with van der Waals surface area (Å²) in [5, 5.41) is 0. The number of rotatable bonds is 6. The second-order valence-electron chi connectivity index (χ2n) is 4.84. The molecule has 0 saturated heterocycles. The van der Waals surface area contributed by atoms with Gasteiger partial charge in [-0.3, -0.25) is 9.78 Å². The van der Waals surface area contributed by atoms with E-state index >= 15 is 0 Å². The Balaban J connectivity index is 0.00000324. The number of nitrogens with two attached hydrogens (primary N) is 1. The Labute approximate surface area is 121 Å². The van der Waals surface area contributed by atoms with Crippen molar-refractivity contribution in [3.05, 3.63) is 30.1 Å². The number of halogens is 1. The highest BCUT2D eigenvalue weighted by molar-refractivity contribution is 5.85. The molecule has 4 nitrogen and oxygen atoms in total. The molecule has 1 unspecified atom stereocenters. The van der Waals surface area contributed by atoms with E-state index < -0.39 is 5.54 Å². The Hall–Kier alpha value is -1.13. The number of hydrogen-bond donors (Lipinski definition) is 1. The van der Waals surface area contributed by atoms with Crippen LogP contribution >= 0.6 is 12.4 Å². The van der Waals surface area contributed by atoms with Gasteiger partial charge in [0.15, 0.2) is 0 Å². The molecule has 1 aromatic heterocycles. The summed E-state index contributed by atoms with van der Waals surface area (Å²) >= 11 is 0. The van der Waals surface area contributed by atoms with Crippen LogP contribution in [0.4, 0.5) is 0 Å². The number of hydrogen-bond acceptors (Lipinski definition) is 3. The van der Waals surface area contributed by atoms with Gasteiger partial charge in [-0.05, 0) is 38.0 Å². The monoisotopic (exact) mass is 285 g/mol. The van der Waals surface area contributed by atoms with Crippen LogP contribution in [-0.2, 0) is 11.3 Å². The second-order valence-corrected chi connectivity index (χ2v) is 4.84. The third-order valence-electron chi connectivity index (χ3n) is 3.05. The molecule has 1 atom stereocenters. The van der Waals surface area contributed by atoms with Gasteiger partial charge in [0.1, 0.15) is 0 Å². The summed E-state index contributed by atoms with van der Waals surface area (Å²) in [4.78, 5) is 18.1. The normalized spacial score (nSPS) is 13.3. The van der Waals surface area contributed by atoms with Crippen molar-refractivity contribution in [2.75, 3.05) is 6.54 Å². The second kappa shape index (κ2) is 8.12. The predicted octanol–water partition coefficient (Wildman–Crippen LogP) is 2.37. The summed E-state index contributed by atoms with van der Waals surface area (Å²) in [6, 6.07) is 3.84. The zero-order valence-corrected chi connectivity index (χ0v) is 12.7. The lowest BCUT2D eigenvalue weighted by Crippen LogP contribution is -2.52. The van der Waals surface area contributed by atoms with Crippen molar-refractivity contribution < 1.29 is 4.79 Å². The van der Waals surface area contributed by atoms with Gasteiger partial charge < -0.3 is 10.6 Å². The van der Waals surface area contributed by atoms with Gasteiger partial charge in [-0.1, -0.05) is 13.3 Å². The van der Waals surface area contributed by atoms with Gasteiger partial charge in [0.25, 0.3) is 0 Å². The summed E-state index contributed by atoms with van der Waals surface area (Å²) in [7, 11) is 0. The Kier molecular flexibility index (Phi) is 7.64. The molecule has 0 aromatic carbocycles. The lowest BCUT2D eigenvalue weighted by molar-refractivity contribution is -0.137. The van der Waals surface area contributed by atoms with Crippen LogP contribution in [0.15, 0.2) is 24.5 Å². The quantitative estimate of drug-likeness (QED) is 0.873. The highest BCUT2D eigenvalue weighted by atomic mass is 35.5. The van der Waals surface area contributed by atoms with Gasteiger partial charge >= 0.3 is 0 Å². The van der Waals surface area contributed by atoms with Crippen molar-refractivity contribution in [2.24, 2.45) is 5.73 Å². The van der Waals surface area contributed by atoms with Crippen molar-refractivity contribution in [1.82, 2.24) is 9.88 Å². The predicted molar refractivity (Wildman–Crippen MR) is 80.1 cm³/mol. The van der Waals surface area contributed by atoms with Crippen LogP contribution in [0.3, 0.4) is 0 Å². The van der Waals surface area contributed by atoms with E-state index in [1.807, 2.05) is 32.9 Å². The number of pyridine rings is 1. The number of carbonyl (C=O) groups is 1. The molecule has 0 fully saturated rings. The minimum absolute atomic E-state index is 0. The van der Waals surface area contributed by atoms with Crippen molar-refractivity contribution in [2.45, 2.75) is 45.7 Å². The first-order valence-corrected chi connectivity index (χ1v) is 6.48. The van der Waals surface area contributed by atoms with Crippen LogP contribution in [0.1, 0.15) is 39.2 Å². The molecule has 2 N–H and O–H groups in total. The standard InChI is InChI=1S/C14H23N3O.ClH/c1-4-8-14(3,15)13(18)17(5-2)11-12-6-9-16-10-7-12;/h6-7,9-10H,4-5,8,11,15H2,1-3H3;1H. The van der Waals surface area contributed by atoms with Gasteiger partial charge in [0.2, 0.25) is 5.91 Å². The minimum Gasteiger partial charge on any atom is -0.337 e. The first kappa shape index (κ1) is 17.9. The van der Waals surface area contributed by atoms with E-state index in [-0.39, 0.29) is 18.3 Å². The van der Waals surface area contributed by atoms with Crippen molar-refractivity contribution >= 4 is 18.3 Å². The fourth-order valence-electron chi connectivity index (χ4n) is 2.02. The molecule has 0 bridgehead atoms. The number of nitrogens with zero attached hydrogens (tertiary/aromatic N) is 2. The summed E-state index contributed by atoms with van der Waals surface area (Å²) in [6.07, 6.45) is 5.09. The molecule has 1 aromatic rings. The fourth-order valence-corrected chi connectivity index (χ4v) is 2.02. The topological polar surface area (TPSA) is 59.2 Å². The third kappa shape index (κ3) is 5.17. The van der Waals surface area contributed by atoms with E-state index in [0.717, 1.165) is 12.0 Å². The summed E-state index contributed by atoms with van der Waals surface area (Å²) in [6.45, 7) is 7.08. The van der Waals surface area contributed by atoms with Gasteiger partial charge in [-0.15, -0.1) is 12.4 Å². The fraction of sp³-hybridized carbons (Fsp3) is 0.571. The molecule has 0 aliphatic rings. The molecule has 19 heavy (non-hydrogen) atoms. The molecule has 0 spiro atoms. The summed E-state index contributed by atoms with van der Waals surface area (Å²) in [5.74, 6) is 0.0173. The molecule has 0 saturated carbocycles. The molecule has 1 amide bonds. The average molecular weight is 286 g/mol. The zero-order valence-electron chi connectivity index (χ0n) is 11.9. The maximum Gasteiger partial charge on any atom is 0.242 e. The molecule has 0 aliphatic carbocycles. The van der Waals surface area contributed by atoms with E-state index in [4.69, 9.17) is 5.73 Å². The molecular weight excluding hydrogens is 262 g/mol. The average Bonchev–Trinajstić information content (AvgIpc) is 2.36. The van der Waals surface area contributed by atoms with Crippen LogP contribution in [-0.4, -0.2) is 27.9 Å². The third-order valence-corrected chi connectivity index (χ3v) is 3.05. The molecule has 5 heteroatoms. The van der Waals surface area contributed by atoms with Crippen LogP contribution in [0, 0.1) is 0 Å². The smallest absolute Gasteiger partial charge is 0.242 e. The van der Waals surface area contributed by atoms with Gasteiger partial charge in [-0.25, -0.2) is 0 Å². The van der Waals surface area contributed by atoms with E-state index in [1.54, 1.807) is 17.3 Å². The SMILES string of the molecule is CCCC(C)(N)C(=O)N(CC)Cc1ccncc1.Cl. The Bertz CT molecular complexity index is 382. The van der Waals surface area contributed by atoms with E-state index in [2.05, 4.69) is 4.98 Å². The largest absolute Gasteiger partial charge is 0.337 e. The lowest BCUT2D eigenvalue weighted by Gasteiger charge is -2.31. The molecule has 1 rings (SSSR count). The lowest BCUT2D eigenvalue weighted by atomic mass is 9.95. The molecule has 0 aliphatic heterocycles.